The lowest BCUT2D eigenvalue weighted by Gasteiger charge is -2.34. The molecule has 0 aromatic carbocycles. The van der Waals surface area contributed by atoms with Gasteiger partial charge in [-0.05, 0) is 18.7 Å². The monoisotopic (exact) mass is 315 g/mol. The summed E-state index contributed by atoms with van der Waals surface area (Å²) in [6, 6.07) is 3.95. The Hall–Kier alpha value is -1.59. The van der Waals surface area contributed by atoms with Gasteiger partial charge in [0, 0.05) is 50.0 Å². The summed E-state index contributed by atoms with van der Waals surface area (Å²) < 4.78 is 2.18. The Morgan fingerprint density at radius 2 is 1.74 bits per heavy atom. The van der Waals surface area contributed by atoms with Crippen LogP contribution in [0.5, 0.6) is 0 Å². The summed E-state index contributed by atoms with van der Waals surface area (Å²) in [5.41, 5.74) is 10.3. The molecular formula is C18H29N5. The number of rotatable bonds is 3. The largest absolute Gasteiger partial charge is 0.398 e. The average molecular weight is 315 g/mol. The maximum atomic E-state index is 6.01. The number of nitrogens with zero attached hydrogens (tertiary/aromatic N) is 4. The molecule has 1 fully saturated rings. The molecule has 126 valence electrons. The summed E-state index contributed by atoms with van der Waals surface area (Å²) in [4.78, 5) is 9.94. The van der Waals surface area contributed by atoms with Gasteiger partial charge in [0.2, 0.25) is 0 Å². The molecule has 0 unspecified atom stereocenters. The molecule has 1 aliphatic heterocycles. The van der Waals surface area contributed by atoms with Crippen molar-refractivity contribution in [3.05, 3.63) is 29.7 Å². The van der Waals surface area contributed by atoms with Crippen molar-refractivity contribution in [3.63, 3.8) is 0 Å². The van der Waals surface area contributed by atoms with Crippen molar-refractivity contribution in [2.24, 2.45) is 0 Å². The third-order valence-electron chi connectivity index (χ3n) is 4.74. The fourth-order valence-electron chi connectivity index (χ4n) is 3.34. The Balaban J connectivity index is 1.93. The zero-order valence-corrected chi connectivity index (χ0v) is 14.8. The number of likely N-dealkylation sites (N-methyl/N-ethyl adjacent to an activating group) is 1. The van der Waals surface area contributed by atoms with Gasteiger partial charge in [-0.1, -0.05) is 27.7 Å². The summed E-state index contributed by atoms with van der Waals surface area (Å²) in [5, 5.41) is 0. The lowest BCUT2D eigenvalue weighted by Crippen LogP contribution is -2.45. The van der Waals surface area contributed by atoms with Crippen LogP contribution < -0.4 is 5.73 Å². The number of fused-ring (bicyclic) bond motifs is 1. The van der Waals surface area contributed by atoms with Crippen molar-refractivity contribution in [1.29, 1.82) is 0 Å². The molecular weight excluding hydrogens is 286 g/mol. The molecule has 1 saturated heterocycles. The van der Waals surface area contributed by atoms with Crippen LogP contribution in [0.15, 0.2) is 18.3 Å². The Bertz CT molecular complexity index is 675. The molecule has 0 aliphatic carbocycles. The van der Waals surface area contributed by atoms with Crippen LogP contribution in [-0.2, 0) is 12.0 Å². The quantitative estimate of drug-likeness (QED) is 0.944. The summed E-state index contributed by atoms with van der Waals surface area (Å²) in [6.07, 6.45) is 2.01. The Morgan fingerprint density at radius 1 is 1.09 bits per heavy atom. The third kappa shape index (κ3) is 3.35. The first-order valence-corrected chi connectivity index (χ1v) is 8.60. The van der Waals surface area contributed by atoms with Crippen LogP contribution in [0.1, 0.15) is 39.1 Å². The molecule has 2 aromatic heterocycles. The predicted octanol–water partition coefficient (Wildman–Crippen LogP) is 2.35. The van der Waals surface area contributed by atoms with Crippen LogP contribution >= 0.6 is 0 Å². The number of aromatic nitrogens is 2. The van der Waals surface area contributed by atoms with Gasteiger partial charge < -0.3 is 15.0 Å². The highest BCUT2D eigenvalue weighted by Crippen LogP contribution is 2.28. The average Bonchev–Trinajstić information content (AvgIpc) is 2.86. The molecule has 0 saturated carbocycles. The molecule has 5 nitrogen and oxygen atoms in total. The highest BCUT2D eigenvalue weighted by atomic mass is 15.3. The molecule has 0 bridgehead atoms. The number of piperazine rings is 1. The number of imidazole rings is 1. The van der Waals surface area contributed by atoms with Crippen LogP contribution in [0.25, 0.3) is 5.65 Å². The minimum atomic E-state index is 0.0291. The second-order valence-corrected chi connectivity index (χ2v) is 7.56. The van der Waals surface area contributed by atoms with E-state index in [0.717, 1.165) is 50.6 Å². The smallest absolute Gasteiger partial charge is 0.137 e. The van der Waals surface area contributed by atoms with Crippen LogP contribution in [0.4, 0.5) is 5.69 Å². The number of hydrogen-bond donors (Lipinski definition) is 1. The number of pyridine rings is 1. The molecule has 3 heterocycles. The molecule has 0 atom stereocenters. The minimum Gasteiger partial charge on any atom is -0.398 e. The lowest BCUT2D eigenvalue weighted by atomic mass is 9.90. The van der Waals surface area contributed by atoms with E-state index < -0.39 is 0 Å². The van der Waals surface area contributed by atoms with E-state index >= 15 is 0 Å². The number of nitrogens with two attached hydrogens (primary N) is 1. The van der Waals surface area contributed by atoms with Crippen molar-refractivity contribution < 1.29 is 0 Å². The first-order valence-electron chi connectivity index (χ1n) is 8.60. The summed E-state index contributed by atoms with van der Waals surface area (Å²) in [6.45, 7) is 15.6. The van der Waals surface area contributed by atoms with Gasteiger partial charge >= 0.3 is 0 Å². The van der Waals surface area contributed by atoms with E-state index in [4.69, 9.17) is 10.7 Å². The van der Waals surface area contributed by atoms with Gasteiger partial charge in [0.05, 0.1) is 11.4 Å². The second kappa shape index (κ2) is 6.13. The van der Waals surface area contributed by atoms with Gasteiger partial charge in [0.25, 0.3) is 0 Å². The van der Waals surface area contributed by atoms with Gasteiger partial charge in [-0.2, -0.15) is 0 Å². The topological polar surface area (TPSA) is 49.8 Å². The standard InChI is InChI=1S/C18H29N5/c1-5-21-8-10-22(11-9-21)13-15-17(18(2,3)4)20-16-7-6-14(19)12-23(15)16/h6-7,12H,5,8-11,13,19H2,1-4H3. The van der Waals surface area contributed by atoms with Crippen molar-refractivity contribution in [3.8, 4) is 0 Å². The number of anilines is 1. The highest BCUT2D eigenvalue weighted by molar-refractivity contribution is 5.51. The normalized spacial score (nSPS) is 17.9. The molecule has 2 aromatic rings. The van der Waals surface area contributed by atoms with E-state index in [1.54, 1.807) is 0 Å². The van der Waals surface area contributed by atoms with Gasteiger partial charge in [-0.15, -0.1) is 0 Å². The van der Waals surface area contributed by atoms with Crippen LogP contribution in [0.2, 0.25) is 0 Å². The van der Waals surface area contributed by atoms with Gasteiger partial charge in [0.15, 0.2) is 0 Å². The zero-order valence-electron chi connectivity index (χ0n) is 14.8. The second-order valence-electron chi connectivity index (χ2n) is 7.56. The molecule has 5 heteroatoms. The van der Waals surface area contributed by atoms with E-state index in [0.29, 0.717) is 0 Å². The van der Waals surface area contributed by atoms with Crippen LogP contribution in [-0.4, -0.2) is 51.9 Å². The van der Waals surface area contributed by atoms with Gasteiger partial charge in [-0.3, -0.25) is 4.90 Å². The zero-order chi connectivity index (χ0) is 16.6. The Morgan fingerprint density at radius 3 is 2.35 bits per heavy atom. The van der Waals surface area contributed by atoms with Crippen LogP contribution in [0.3, 0.4) is 0 Å². The summed E-state index contributed by atoms with van der Waals surface area (Å²) in [5.74, 6) is 0. The van der Waals surface area contributed by atoms with Crippen molar-refractivity contribution in [1.82, 2.24) is 19.2 Å². The molecule has 0 amide bonds. The van der Waals surface area contributed by atoms with Crippen molar-refractivity contribution in [2.45, 2.75) is 39.7 Å². The summed E-state index contributed by atoms with van der Waals surface area (Å²) in [7, 11) is 0. The molecule has 23 heavy (non-hydrogen) atoms. The van der Waals surface area contributed by atoms with Gasteiger partial charge in [0.1, 0.15) is 5.65 Å². The molecule has 0 radical (unpaired) electrons. The van der Waals surface area contributed by atoms with Crippen molar-refractivity contribution in [2.75, 3.05) is 38.5 Å². The fraction of sp³-hybridized carbons (Fsp3) is 0.611. The molecule has 3 rings (SSSR count). The van der Waals surface area contributed by atoms with E-state index in [2.05, 4.69) is 41.9 Å². The predicted molar refractivity (Wildman–Crippen MR) is 95.7 cm³/mol. The van der Waals surface area contributed by atoms with E-state index in [-0.39, 0.29) is 5.41 Å². The van der Waals surface area contributed by atoms with E-state index in [1.165, 1.54) is 11.4 Å². The van der Waals surface area contributed by atoms with Gasteiger partial charge in [-0.25, -0.2) is 4.98 Å². The SMILES string of the molecule is CCN1CCN(Cc2c(C(C)(C)C)nc3ccc(N)cn23)CC1. The van der Waals surface area contributed by atoms with Crippen LogP contribution in [0, 0.1) is 0 Å². The first kappa shape index (κ1) is 16.3. The van der Waals surface area contributed by atoms with E-state index in [9.17, 15) is 0 Å². The highest BCUT2D eigenvalue weighted by Gasteiger charge is 2.26. The Kier molecular flexibility index (Phi) is 4.34. The molecule has 2 N–H and O–H groups in total. The minimum absolute atomic E-state index is 0.0291. The summed E-state index contributed by atoms with van der Waals surface area (Å²) >= 11 is 0. The van der Waals surface area contributed by atoms with E-state index in [1.807, 2.05) is 18.3 Å². The number of nitrogen functional groups attached to an aromatic ring is 1. The fourth-order valence-corrected chi connectivity index (χ4v) is 3.34. The number of hydrogen-bond acceptors (Lipinski definition) is 4. The first-order chi connectivity index (χ1) is 10.9. The lowest BCUT2D eigenvalue weighted by molar-refractivity contribution is 0.130. The molecule has 1 aliphatic rings. The molecule has 0 spiro atoms. The maximum absolute atomic E-state index is 6.01. The van der Waals surface area contributed by atoms with Crippen molar-refractivity contribution >= 4 is 11.3 Å². The maximum Gasteiger partial charge on any atom is 0.137 e. The third-order valence-corrected chi connectivity index (χ3v) is 4.74. The Labute approximate surface area is 139 Å².